The molecule has 1 amide bonds. The van der Waals surface area contributed by atoms with Gasteiger partial charge < -0.3 is 23.8 Å². The first-order chi connectivity index (χ1) is 16.3. The van der Waals surface area contributed by atoms with E-state index in [4.69, 9.17) is 18.9 Å². The number of alkyl halides is 2. The zero-order chi connectivity index (χ0) is 23.9. The van der Waals surface area contributed by atoms with Gasteiger partial charge in [0.1, 0.15) is 24.3 Å². The SMILES string of the molecule is COc1cc(C(=O)N2CC[C@]3(c4cccc(F)c4)OCO[C@@H]3C2)ccc1OCCC1CC1(F)F. The summed E-state index contributed by atoms with van der Waals surface area (Å²) in [5, 5.41) is 0. The summed E-state index contributed by atoms with van der Waals surface area (Å²) in [4.78, 5) is 14.9. The molecule has 34 heavy (non-hydrogen) atoms. The van der Waals surface area contributed by atoms with Crippen LogP contribution in [0.3, 0.4) is 0 Å². The first-order valence-electron chi connectivity index (χ1n) is 11.3. The van der Waals surface area contributed by atoms with Crippen molar-refractivity contribution in [3.63, 3.8) is 0 Å². The number of carbonyl (C=O) groups is 1. The third-order valence-electron chi connectivity index (χ3n) is 6.94. The average molecular weight is 477 g/mol. The zero-order valence-corrected chi connectivity index (χ0v) is 18.8. The molecule has 2 aromatic rings. The van der Waals surface area contributed by atoms with Gasteiger partial charge in [-0.25, -0.2) is 13.2 Å². The molecule has 0 spiro atoms. The molecule has 9 heteroatoms. The molecule has 182 valence electrons. The number of nitrogens with zero attached hydrogens (tertiary/aromatic N) is 1. The van der Waals surface area contributed by atoms with Crippen LogP contribution in [-0.2, 0) is 15.1 Å². The molecule has 0 bridgehead atoms. The van der Waals surface area contributed by atoms with E-state index in [0.29, 0.717) is 42.1 Å². The molecule has 3 atom stereocenters. The molecule has 3 fully saturated rings. The fraction of sp³-hybridized carbons (Fsp3) is 0.480. The Balaban J connectivity index is 1.26. The molecule has 1 aliphatic carbocycles. The number of carbonyl (C=O) groups excluding carboxylic acids is 1. The van der Waals surface area contributed by atoms with Crippen LogP contribution < -0.4 is 9.47 Å². The number of benzene rings is 2. The summed E-state index contributed by atoms with van der Waals surface area (Å²) >= 11 is 0. The predicted octanol–water partition coefficient (Wildman–Crippen LogP) is 4.37. The van der Waals surface area contributed by atoms with E-state index in [1.54, 1.807) is 29.2 Å². The van der Waals surface area contributed by atoms with Crippen LogP contribution in [0, 0.1) is 11.7 Å². The molecule has 1 unspecified atom stereocenters. The van der Waals surface area contributed by atoms with E-state index in [1.165, 1.54) is 19.2 Å². The van der Waals surface area contributed by atoms with Crippen molar-refractivity contribution < 1.29 is 36.9 Å². The largest absolute Gasteiger partial charge is 0.493 e. The Morgan fingerprint density at radius 1 is 1.21 bits per heavy atom. The fourth-order valence-corrected chi connectivity index (χ4v) is 4.82. The number of amides is 1. The topological polar surface area (TPSA) is 57.2 Å². The Morgan fingerprint density at radius 3 is 2.76 bits per heavy atom. The standard InChI is InChI=1S/C25H26F3NO5/c1-31-21-11-16(5-6-20(21)32-10-7-18-13-25(18,27)28)23(30)29-9-8-24(22(14-29)33-15-34-24)17-3-2-4-19(26)12-17/h2-6,11-12,18,22H,7-10,13-15H2,1H3/t18?,22-,24-/m1/s1. The molecule has 2 aliphatic heterocycles. The number of hydrogen-bond acceptors (Lipinski definition) is 5. The van der Waals surface area contributed by atoms with Gasteiger partial charge in [-0.3, -0.25) is 4.79 Å². The molecule has 0 radical (unpaired) electrons. The number of rotatable bonds is 7. The van der Waals surface area contributed by atoms with E-state index in [1.807, 2.05) is 6.07 Å². The van der Waals surface area contributed by atoms with Gasteiger partial charge in [0.25, 0.3) is 11.8 Å². The molecule has 2 heterocycles. The van der Waals surface area contributed by atoms with Gasteiger partial charge in [0.15, 0.2) is 11.5 Å². The molecule has 0 aromatic heterocycles. The minimum absolute atomic E-state index is 0.0792. The van der Waals surface area contributed by atoms with Gasteiger partial charge in [-0.1, -0.05) is 12.1 Å². The lowest BCUT2D eigenvalue weighted by Crippen LogP contribution is -2.53. The number of hydrogen-bond donors (Lipinski definition) is 0. The monoisotopic (exact) mass is 477 g/mol. The lowest BCUT2D eigenvalue weighted by Gasteiger charge is -2.42. The van der Waals surface area contributed by atoms with Crippen molar-refractivity contribution in [1.82, 2.24) is 4.90 Å². The summed E-state index contributed by atoms with van der Waals surface area (Å²) in [5.74, 6) is -2.98. The highest BCUT2D eigenvalue weighted by atomic mass is 19.3. The minimum atomic E-state index is -2.57. The van der Waals surface area contributed by atoms with Crippen molar-refractivity contribution in [3.8, 4) is 11.5 Å². The van der Waals surface area contributed by atoms with Gasteiger partial charge in [-0.05, 0) is 42.3 Å². The van der Waals surface area contributed by atoms with Crippen molar-refractivity contribution in [2.24, 2.45) is 5.92 Å². The van der Waals surface area contributed by atoms with Gasteiger partial charge >= 0.3 is 0 Å². The molecule has 5 rings (SSSR count). The van der Waals surface area contributed by atoms with Gasteiger partial charge in [0.2, 0.25) is 0 Å². The van der Waals surface area contributed by atoms with E-state index in [9.17, 15) is 18.0 Å². The van der Waals surface area contributed by atoms with E-state index in [-0.39, 0.29) is 38.0 Å². The Hall–Kier alpha value is -2.78. The average Bonchev–Trinajstić information content (AvgIpc) is 3.24. The van der Waals surface area contributed by atoms with E-state index in [0.717, 1.165) is 0 Å². The Morgan fingerprint density at radius 2 is 2.03 bits per heavy atom. The molecular formula is C25H26F3NO5. The summed E-state index contributed by atoms with van der Waals surface area (Å²) in [6, 6.07) is 11.1. The molecule has 3 aliphatic rings. The van der Waals surface area contributed by atoms with E-state index in [2.05, 4.69) is 0 Å². The first-order valence-corrected chi connectivity index (χ1v) is 11.3. The first kappa shape index (κ1) is 23.0. The van der Waals surface area contributed by atoms with Gasteiger partial charge in [-0.15, -0.1) is 0 Å². The fourth-order valence-electron chi connectivity index (χ4n) is 4.82. The van der Waals surface area contributed by atoms with Gasteiger partial charge in [-0.2, -0.15) is 0 Å². The van der Waals surface area contributed by atoms with E-state index < -0.39 is 23.5 Å². The molecule has 6 nitrogen and oxygen atoms in total. The van der Waals surface area contributed by atoms with Crippen LogP contribution in [0.15, 0.2) is 42.5 Å². The highest BCUT2D eigenvalue weighted by Gasteiger charge is 2.56. The number of halogens is 3. The summed E-state index contributed by atoms with van der Waals surface area (Å²) < 4.78 is 62.7. The van der Waals surface area contributed by atoms with Crippen molar-refractivity contribution in [1.29, 1.82) is 0 Å². The second-order valence-corrected chi connectivity index (χ2v) is 8.98. The van der Waals surface area contributed by atoms with Crippen LogP contribution in [-0.4, -0.2) is 56.4 Å². The lowest BCUT2D eigenvalue weighted by atomic mass is 9.82. The summed E-state index contributed by atoms with van der Waals surface area (Å²) in [7, 11) is 1.46. The highest BCUT2D eigenvalue weighted by molar-refractivity contribution is 5.95. The number of piperidine rings is 1. The summed E-state index contributed by atoms with van der Waals surface area (Å²) in [6.45, 7) is 0.934. The lowest BCUT2D eigenvalue weighted by molar-refractivity contribution is -0.0441. The Labute approximate surface area is 195 Å². The van der Waals surface area contributed by atoms with Gasteiger partial charge in [0, 0.05) is 30.9 Å². The maximum absolute atomic E-state index is 13.8. The number of methoxy groups -OCH3 is 1. The van der Waals surface area contributed by atoms with Crippen molar-refractivity contribution >= 4 is 5.91 Å². The maximum atomic E-state index is 13.8. The third kappa shape index (κ3) is 4.22. The predicted molar refractivity (Wildman–Crippen MR) is 116 cm³/mol. The number of fused-ring (bicyclic) bond motifs is 1. The minimum Gasteiger partial charge on any atom is -0.493 e. The summed E-state index contributed by atoms with van der Waals surface area (Å²) in [5.41, 5.74) is 0.330. The summed E-state index contributed by atoms with van der Waals surface area (Å²) in [6.07, 6.45) is 0.225. The van der Waals surface area contributed by atoms with Crippen molar-refractivity contribution in [2.75, 3.05) is 33.6 Å². The Kier molecular flexibility index (Phi) is 5.93. The molecule has 2 aromatic carbocycles. The van der Waals surface area contributed by atoms with Crippen molar-refractivity contribution in [3.05, 3.63) is 59.4 Å². The van der Waals surface area contributed by atoms with Crippen molar-refractivity contribution in [2.45, 2.75) is 36.9 Å². The zero-order valence-electron chi connectivity index (χ0n) is 18.8. The molecule has 0 N–H and O–H groups in total. The number of ether oxygens (including phenoxy) is 4. The maximum Gasteiger partial charge on any atom is 0.254 e. The van der Waals surface area contributed by atoms with E-state index >= 15 is 0 Å². The van der Waals surface area contributed by atoms with Crippen LogP contribution in [0.2, 0.25) is 0 Å². The van der Waals surface area contributed by atoms with Crippen LogP contribution in [0.5, 0.6) is 11.5 Å². The third-order valence-corrected chi connectivity index (χ3v) is 6.94. The second kappa shape index (κ2) is 8.78. The Bertz CT molecular complexity index is 1080. The quantitative estimate of drug-likeness (QED) is 0.593. The number of likely N-dealkylation sites (tertiary alicyclic amines) is 1. The second-order valence-electron chi connectivity index (χ2n) is 8.98. The van der Waals surface area contributed by atoms with Crippen LogP contribution >= 0.6 is 0 Å². The smallest absolute Gasteiger partial charge is 0.254 e. The van der Waals surface area contributed by atoms with Gasteiger partial charge in [0.05, 0.1) is 20.3 Å². The molecular weight excluding hydrogens is 451 g/mol. The molecule has 2 saturated heterocycles. The van der Waals surface area contributed by atoms with Crippen LogP contribution in [0.4, 0.5) is 13.2 Å². The molecule has 1 saturated carbocycles. The highest BCUT2D eigenvalue weighted by Crippen LogP contribution is 2.50. The van der Waals surface area contributed by atoms with Crippen LogP contribution in [0.25, 0.3) is 0 Å². The van der Waals surface area contributed by atoms with Crippen LogP contribution in [0.1, 0.15) is 35.2 Å². The normalized spacial score (nSPS) is 27.2.